The van der Waals surface area contributed by atoms with Crippen molar-refractivity contribution in [2.45, 2.75) is 12.0 Å². The molecular weight excluding hydrogens is 236 g/mol. The summed E-state index contributed by atoms with van der Waals surface area (Å²) in [7, 11) is 1.65. The van der Waals surface area contributed by atoms with Gasteiger partial charge < -0.3 is 9.84 Å². The molecule has 1 N–H and O–H groups in total. The Kier molecular flexibility index (Phi) is 3.10. The van der Waals surface area contributed by atoms with Crippen LogP contribution >= 0.6 is 0 Å². The maximum absolute atomic E-state index is 10.5. The minimum atomic E-state index is -0.506. The van der Waals surface area contributed by atoms with Crippen LogP contribution < -0.4 is 4.74 Å². The molecule has 0 amide bonds. The minimum absolute atomic E-state index is 0.0231. The fourth-order valence-electron chi connectivity index (χ4n) is 2.58. The Bertz CT molecular complexity index is 616. The van der Waals surface area contributed by atoms with E-state index in [2.05, 4.69) is 12.2 Å². The lowest BCUT2D eigenvalue weighted by Gasteiger charge is -2.26. The van der Waals surface area contributed by atoms with Crippen molar-refractivity contribution < 1.29 is 9.84 Å². The van der Waals surface area contributed by atoms with Crippen molar-refractivity contribution in [2.75, 3.05) is 7.11 Å². The fraction of sp³-hybridized carbons (Fsp3) is 0.176. The van der Waals surface area contributed by atoms with Crippen LogP contribution in [0.25, 0.3) is 6.08 Å². The zero-order valence-electron chi connectivity index (χ0n) is 10.8. The van der Waals surface area contributed by atoms with Crippen molar-refractivity contribution in [3.8, 4) is 5.75 Å². The molecule has 0 aliphatic heterocycles. The van der Waals surface area contributed by atoms with Crippen LogP contribution in [0.2, 0.25) is 0 Å². The van der Waals surface area contributed by atoms with E-state index in [1.807, 2.05) is 48.5 Å². The molecule has 2 aromatic carbocycles. The van der Waals surface area contributed by atoms with E-state index >= 15 is 0 Å². The first kappa shape index (κ1) is 12.0. The fourth-order valence-corrected chi connectivity index (χ4v) is 2.58. The van der Waals surface area contributed by atoms with E-state index in [0.717, 1.165) is 22.4 Å². The number of benzene rings is 2. The molecule has 0 fully saturated rings. The van der Waals surface area contributed by atoms with E-state index in [4.69, 9.17) is 4.74 Å². The minimum Gasteiger partial charge on any atom is -0.497 e. The molecule has 19 heavy (non-hydrogen) atoms. The van der Waals surface area contributed by atoms with Crippen LogP contribution in [0.1, 0.15) is 28.7 Å². The molecule has 3 rings (SSSR count). The molecule has 0 radical (unpaired) electrons. The molecule has 2 aromatic rings. The van der Waals surface area contributed by atoms with Crippen LogP contribution in [0.3, 0.4) is 0 Å². The van der Waals surface area contributed by atoms with Crippen molar-refractivity contribution in [3.05, 3.63) is 71.3 Å². The lowest BCUT2D eigenvalue weighted by atomic mass is 9.83. The summed E-state index contributed by atoms with van der Waals surface area (Å²) in [6.45, 7) is 0. The third kappa shape index (κ3) is 2.15. The third-order valence-electron chi connectivity index (χ3n) is 3.62. The van der Waals surface area contributed by atoms with E-state index in [9.17, 15) is 5.11 Å². The summed E-state index contributed by atoms with van der Waals surface area (Å²) in [4.78, 5) is 0. The van der Waals surface area contributed by atoms with Crippen molar-refractivity contribution in [3.63, 3.8) is 0 Å². The zero-order chi connectivity index (χ0) is 13.2. The summed E-state index contributed by atoms with van der Waals surface area (Å²) in [5.74, 6) is 0.793. The number of hydrogen-bond acceptors (Lipinski definition) is 2. The highest BCUT2D eigenvalue weighted by Crippen LogP contribution is 2.39. The lowest BCUT2D eigenvalue weighted by molar-refractivity contribution is 0.160. The second kappa shape index (κ2) is 4.90. The van der Waals surface area contributed by atoms with Crippen LogP contribution in [0, 0.1) is 0 Å². The molecule has 0 aromatic heterocycles. The highest BCUT2D eigenvalue weighted by Gasteiger charge is 2.25. The van der Waals surface area contributed by atoms with E-state index in [1.54, 1.807) is 7.11 Å². The summed E-state index contributed by atoms with van der Waals surface area (Å²) in [6, 6.07) is 15.8. The van der Waals surface area contributed by atoms with Gasteiger partial charge >= 0.3 is 0 Å². The third-order valence-corrected chi connectivity index (χ3v) is 3.62. The zero-order valence-corrected chi connectivity index (χ0v) is 10.8. The largest absolute Gasteiger partial charge is 0.497 e. The van der Waals surface area contributed by atoms with Crippen molar-refractivity contribution in [2.24, 2.45) is 0 Å². The second-order valence-electron chi connectivity index (χ2n) is 4.74. The van der Waals surface area contributed by atoms with E-state index in [0.29, 0.717) is 0 Å². The number of aliphatic hydroxyl groups excluding tert-OH is 1. The van der Waals surface area contributed by atoms with Crippen molar-refractivity contribution >= 4 is 6.08 Å². The second-order valence-corrected chi connectivity index (χ2v) is 4.74. The molecule has 0 saturated heterocycles. The van der Waals surface area contributed by atoms with Crippen molar-refractivity contribution in [1.29, 1.82) is 0 Å². The molecule has 2 unspecified atom stereocenters. The summed E-state index contributed by atoms with van der Waals surface area (Å²) >= 11 is 0. The van der Waals surface area contributed by atoms with Crippen LogP contribution in [0.5, 0.6) is 5.75 Å². The molecular formula is C17H16O2. The van der Waals surface area contributed by atoms with Crippen LogP contribution in [-0.2, 0) is 0 Å². The van der Waals surface area contributed by atoms with Gasteiger partial charge in [-0.2, -0.15) is 0 Å². The van der Waals surface area contributed by atoms with E-state index in [1.165, 1.54) is 0 Å². The Morgan fingerprint density at radius 3 is 2.74 bits per heavy atom. The molecule has 1 aliphatic rings. The van der Waals surface area contributed by atoms with Crippen LogP contribution in [0.4, 0.5) is 0 Å². The highest BCUT2D eigenvalue weighted by molar-refractivity contribution is 5.60. The van der Waals surface area contributed by atoms with Gasteiger partial charge in [0.2, 0.25) is 0 Å². The summed E-state index contributed by atoms with van der Waals surface area (Å²) in [5, 5.41) is 10.5. The van der Waals surface area contributed by atoms with E-state index in [-0.39, 0.29) is 5.92 Å². The summed E-state index contributed by atoms with van der Waals surface area (Å²) < 4.78 is 5.24. The Balaban J connectivity index is 2.00. The normalized spacial score (nSPS) is 20.9. The number of methoxy groups -OCH3 is 1. The predicted molar refractivity (Wildman–Crippen MR) is 76.2 cm³/mol. The highest BCUT2D eigenvalue weighted by atomic mass is 16.5. The van der Waals surface area contributed by atoms with Gasteiger partial charge in [-0.1, -0.05) is 48.6 Å². The van der Waals surface area contributed by atoms with Gasteiger partial charge in [0, 0.05) is 5.92 Å². The number of fused-ring (bicyclic) bond motifs is 1. The Morgan fingerprint density at radius 1 is 1.05 bits per heavy atom. The summed E-state index contributed by atoms with van der Waals surface area (Å²) in [5.41, 5.74) is 3.14. The molecule has 2 nitrogen and oxygen atoms in total. The maximum atomic E-state index is 10.5. The Morgan fingerprint density at radius 2 is 1.89 bits per heavy atom. The standard InChI is InChI=1S/C17H16O2/c1-19-14-7-4-6-13(11-14)16-10-9-12-5-2-3-8-15(12)17(16)18/h2-11,16-18H,1H3. The van der Waals surface area contributed by atoms with Gasteiger partial charge in [-0.25, -0.2) is 0 Å². The summed E-state index contributed by atoms with van der Waals surface area (Å²) in [6.07, 6.45) is 3.63. The maximum Gasteiger partial charge on any atom is 0.119 e. The average molecular weight is 252 g/mol. The number of hydrogen-bond donors (Lipinski definition) is 1. The average Bonchev–Trinajstić information content (AvgIpc) is 2.48. The first-order valence-electron chi connectivity index (χ1n) is 6.39. The molecule has 2 heteroatoms. The van der Waals surface area contributed by atoms with Gasteiger partial charge in [-0.3, -0.25) is 0 Å². The van der Waals surface area contributed by atoms with Crippen molar-refractivity contribution in [1.82, 2.24) is 0 Å². The SMILES string of the molecule is COc1cccc(C2C=Cc3ccccc3C2O)c1. The monoisotopic (exact) mass is 252 g/mol. The van der Waals surface area contributed by atoms with Gasteiger partial charge in [-0.15, -0.1) is 0 Å². The van der Waals surface area contributed by atoms with Crippen LogP contribution in [-0.4, -0.2) is 12.2 Å². The first-order valence-corrected chi connectivity index (χ1v) is 6.39. The van der Waals surface area contributed by atoms with Gasteiger partial charge in [0.1, 0.15) is 5.75 Å². The van der Waals surface area contributed by atoms with Gasteiger partial charge in [0.15, 0.2) is 0 Å². The molecule has 0 bridgehead atoms. The molecule has 2 atom stereocenters. The first-order chi connectivity index (χ1) is 9.29. The van der Waals surface area contributed by atoms with Gasteiger partial charge in [-0.05, 0) is 28.8 Å². The van der Waals surface area contributed by atoms with Crippen LogP contribution in [0.15, 0.2) is 54.6 Å². The Labute approximate surface area is 113 Å². The van der Waals surface area contributed by atoms with Gasteiger partial charge in [0.05, 0.1) is 13.2 Å². The predicted octanol–water partition coefficient (Wildman–Crippen LogP) is 3.54. The quantitative estimate of drug-likeness (QED) is 0.885. The number of aliphatic hydroxyl groups is 1. The lowest BCUT2D eigenvalue weighted by Crippen LogP contribution is -2.13. The number of rotatable bonds is 2. The Hall–Kier alpha value is -2.06. The molecule has 0 spiro atoms. The van der Waals surface area contributed by atoms with Gasteiger partial charge in [0.25, 0.3) is 0 Å². The molecule has 96 valence electrons. The topological polar surface area (TPSA) is 29.5 Å². The molecule has 1 aliphatic carbocycles. The van der Waals surface area contributed by atoms with E-state index < -0.39 is 6.10 Å². The smallest absolute Gasteiger partial charge is 0.119 e. The molecule has 0 saturated carbocycles. The molecule has 0 heterocycles. The number of ether oxygens (including phenoxy) is 1.